The molecule has 0 bridgehead atoms. The van der Waals surface area contributed by atoms with Crippen LogP contribution < -0.4 is 10.7 Å². The van der Waals surface area contributed by atoms with Crippen LogP contribution in [0.5, 0.6) is 0 Å². The van der Waals surface area contributed by atoms with E-state index in [0.29, 0.717) is 22.8 Å². The Kier molecular flexibility index (Phi) is 5.20. The number of amides is 4. The molecule has 1 aliphatic rings. The van der Waals surface area contributed by atoms with Crippen LogP contribution >= 0.6 is 0 Å². The predicted molar refractivity (Wildman–Crippen MR) is 110 cm³/mol. The molecule has 1 fully saturated rings. The molecule has 10 heteroatoms. The van der Waals surface area contributed by atoms with Crippen molar-refractivity contribution < 1.29 is 14.4 Å². The third kappa shape index (κ3) is 3.75. The van der Waals surface area contributed by atoms with Gasteiger partial charge in [0, 0.05) is 5.56 Å². The van der Waals surface area contributed by atoms with Gasteiger partial charge < -0.3 is 5.32 Å². The number of benzene rings is 2. The fourth-order valence-electron chi connectivity index (χ4n) is 3.46. The minimum Gasteiger partial charge on any atom is -0.318 e. The van der Waals surface area contributed by atoms with E-state index in [-0.39, 0.29) is 6.54 Å². The summed E-state index contributed by atoms with van der Waals surface area (Å²) in [7, 11) is 0. The van der Waals surface area contributed by atoms with Gasteiger partial charge in [-0.15, -0.1) is 10.2 Å². The zero-order valence-corrected chi connectivity index (χ0v) is 17.1. The largest absolute Gasteiger partial charge is 0.344 e. The summed E-state index contributed by atoms with van der Waals surface area (Å²) in [5.41, 5.74) is 3.63. The average molecular weight is 419 g/mol. The van der Waals surface area contributed by atoms with Gasteiger partial charge in [-0.2, -0.15) is 9.81 Å². The highest BCUT2D eigenvalue weighted by Crippen LogP contribution is 2.31. The van der Waals surface area contributed by atoms with Gasteiger partial charge in [0.25, 0.3) is 11.8 Å². The normalized spacial score (nSPS) is 18.2. The van der Waals surface area contributed by atoms with E-state index in [4.69, 9.17) is 0 Å². The maximum atomic E-state index is 13.1. The molecule has 158 valence electrons. The molecule has 0 unspecified atom stereocenters. The number of carbonyl (C=O) groups is 3. The van der Waals surface area contributed by atoms with E-state index >= 15 is 0 Å². The number of aromatic nitrogens is 4. The van der Waals surface area contributed by atoms with E-state index in [9.17, 15) is 14.4 Å². The molecular formula is C21H21N7O3. The molecule has 0 aliphatic carbocycles. The van der Waals surface area contributed by atoms with Gasteiger partial charge in [-0.3, -0.25) is 15.0 Å². The predicted octanol–water partition coefficient (Wildman–Crippen LogP) is 1.54. The smallest absolute Gasteiger partial charge is 0.318 e. The molecule has 1 saturated heterocycles. The molecule has 4 amide bonds. The second-order valence-corrected chi connectivity index (χ2v) is 7.24. The van der Waals surface area contributed by atoms with Crippen LogP contribution in [0.15, 0.2) is 54.6 Å². The minimum atomic E-state index is -1.23. The van der Waals surface area contributed by atoms with Crippen molar-refractivity contribution in [2.45, 2.75) is 32.4 Å². The van der Waals surface area contributed by atoms with E-state index in [1.165, 1.54) is 0 Å². The fraction of sp³-hybridized carbons (Fsp3) is 0.238. The van der Waals surface area contributed by atoms with Gasteiger partial charge in [-0.25, -0.2) is 4.79 Å². The molecule has 2 aromatic carbocycles. The third-order valence-electron chi connectivity index (χ3n) is 5.17. The van der Waals surface area contributed by atoms with Crippen LogP contribution in [0.1, 0.15) is 24.5 Å². The van der Waals surface area contributed by atoms with Crippen molar-refractivity contribution in [3.63, 3.8) is 0 Å². The molecule has 3 aromatic rings. The van der Waals surface area contributed by atoms with E-state index in [1.54, 1.807) is 31.2 Å². The van der Waals surface area contributed by atoms with E-state index < -0.39 is 23.4 Å². The maximum absolute atomic E-state index is 13.1. The Bertz CT molecular complexity index is 1130. The molecule has 1 atom stereocenters. The standard InChI is InChI=1S/C21H21N7O3/c1-3-21(16-7-5-4-6-8-16)19(30)28(20(31)22-21)24-17(29)13-27-25-18(23-26-27)15-11-9-14(2)10-12-15/h4-12H,3,13H2,1-2H3,(H,22,31)(H,24,29)/t21-/m0/s1. The van der Waals surface area contributed by atoms with E-state index in [2.05, 4.69) is 26.2 Å². The molecule has 1 aliphatic heterocycles. The van der Waals surface area contributed by atoms with Gasteiger partial charge in [0.2, 0.25) is 5.82 Å². The Balaban J connectivity index is 1.46. The first-order valence-electron chi connectivity index (χ1n) is 9.79. The number of imide groups is 1. The zero-order valence-electron chi connectivity index (χ0n) is 17.1. The Hall–Kier alpha value is -4.08. The number of nitrogens with zero attached hydrogens (tertiary/aromatic N) is 5. The van der Waals surface area contributed by atoms with E-state index in [0.717, 1.165) is 15.9 Å². The molecule has 2 N–H and O–H groups in total. The lowest BCUT2D eigenvalue weighted by atomic mass is 9.87. The fourth-order valence-corrected chi connectivity index (χ4v) is 3.46. The highest BCUT2D eigenvalue weighted by atomic mass is 16.2. The number of hydrogen-bond acceptors (Lipinski definition) is 6. The van der Waals surface area contributed by atoms with Gasteiger partial charge in [0.05, 0.1) is 0 Å². The number of hydrazine groups is 1. The topological polar surface area (TPSA) is 122 Å². The lowest BCUT2D eigenvalue weighted by molar-refractivity contribution is -0.139. The van der Waals surface area contributed by atoms with Gasteiger partial charge in [-0.05, 0) is 24.1 Å². The highest BCUT2D eigenvalue weighted by Gasteiger charge is 2.52. The average Bonchev–Trinajstić information content (AvgIpc) is 3.33. The summed E-state index contributed by atoms with van der Waals surface area (Å²) < 4.78 is 0. The molecule has 31 heavy (non-hydrogen) atoms. The molecule has 1 aromatic heterocycles. The SMILES string of the molecule is CC[C@@]1(c2ccccc2)NC(=O)N(NC(=O)Cn2nnc(-c3ccc(C)cc3)n2)C1=O. The van der Waals surface area contributed by atoms with Gasteiger partial charge in [0.15, 0.2) is 0 Å². The molecule has 0 spiro atoms. The molecule has 0 radical (unpaired) electrons. The van der Waals surface area contributed by atoms with Crippen molar-refractivity contribution >= 4 is 17.8 Å². The van der Waals surface area contributed by atoms with Gasteiger partial charge in [0.1, 0.15) is 12.1 Å². The number of tetrazole rings is 1. The number of nitrogens with one attached hydrogen (secondary N) is 2. The van der Waals surface area contributed by atoms with Crippen LogP contribution in [0, 0.1) is 6.92 Å². The summed E-state index contributed by atoms with van der Waals surface area (Å²) in [6, 6.07) is 15.8. The van der Waals surface area contributed by atoms with Crippen LogP contribution in [-0.4, -0.2) is 43.1 Å². The maximum Gasteiger partial charge on any atom is 0.344 e. The van der Waals surface area contributed by atoms with Crippen molar-refractivity contribution in [1.82, 2.24) is 36.0 Å². The lowest BCUT2D eigenvalue weighted by Gasteiger charge is -2.25. The van der Waals surface area contributed by atoms with Gasteiger partial charge in [-0.1, -0.05) is 67.1 Å². The van der Waals surface area contributed by atoms with Crippen LogP contribution in [0.3, 0.4) is 0 Å². The molecular weight excluding hydrogens is 398 g/mol. The first-order chi connectivity index (χ1) is 14.9. The third-order valence-corrected chi connectivity index (χ3v) is 5.17. The Morgan fingerprint density at radius 1 is 1.10 bits per heavy atom. The van der Waals surface area contributed by atoms with Crippen molar-refractivity contribution in [2.24, 2.45) is 0 Å². The summed E-state index contributed by atoms with van der Waals surface area (Å²) in [5, 5.41) is 15.4. The Labute approximate surface area is 178 Å². The van der Waals surface area contributed by atoms with Crippen LogP contribution in [0.4, 0.5) is 4.79 Å². The van der Waals surface area contributed by atoms with Crippen molar-refractivity contribution in [2.75, 3.05) is 0 Å². The summed E-state index contributed by atoms with van der Waals surface area (Å²) in [5.74, 6) is -0.806. The number of urea groups is 1. The first-order valence-corrected chi connectivity index (χ1v) is 9.79. The van der Waals surface area contributed by atoms with Gasteiger partial charge >= 0.3 is 6.03 Å². The number of rotatable bonds is 6. The second-order valence-electron chi connectivity index (χ2n) is 7.24. The van der Waals surface area contributed by atoms with Crippen LogP contribution in [0.25, 0.3) is 11.4 Å². The molecule has 2 heterocycles. The van der Waals surface area contributed by atoms with Crippen LogP contribution in [0.2, 0.25) is 0 Å². The lowest BCUT2D eigenvalue weighted by Crippen LogP contribution is -2.49. The monoisotopic (exact) mass is 419 g/mol. The Morgan fingerprint density at radius 3 is 2.48 bits per heavy atom. The number of aryl methyl sites for hydroxylation is 1. The van der Waals surface area contributed by atoms with Crippen molar-refractivity contribution in [3.8, 4) is 11.4 Å². The van der Waals surface area contributed by atoms with Crippen LogP contribution in [-0.2, 0) is 21.7 Å². The summed E-state index contributed by atoms with van der Waals surface area (Å²) in [6.45, 7) is 3.46. The number of carbonyl (C=O) groups excluding carboxylic acids is 3. The van der Waals surface area contributed by atoms with Crippen molar-refractivity contribution in [3.05, 3.63) is 65.7 Å². The molecule has 0 saturated carbocycles. The van der Waals surface area contributed by atoms with Crippen molar-refractivity contribution in [1.29, 1.82) is 0 Å². The molecule has 4 rings (SSSR count). The number of hydrogen-bond donors (Lipinski definition) is 2. The summed E-state index contributed by atoms with van der Waals surface area (Å²) in [6.07, 6.45) is 0.332. The Morgan fingerprint density at radius 2 is 1.81 bits per heavy atom. The molecule has 10 nitrogen and oxygen atoms in total. The highest BCUT2D eigenvalue weighted by molar-refractivity contribution is 6.08. The first kappa shape index (κ1) is 20.2. The summed E-state index contributed by atoms with van der Waals surface area (Å²) >= 11 is 0. The quantitative estimate of drug-likeness (QED) is 0.585. The van der Waals surface area contributed by atoms with E-state index in [1.807, 2.05) is 37.3 Å². The second kappa shape index (κ2) is 7.98. The minimum absolute atomic E-state index is 0.305. The zero-order chi connectivity index (χ0) is 22.0. The summed E-state index contributed by atoms with van der Waals surface area (Å²) in [4.78, 5) is 39.1.